The van der Waals surface area contributed by atoms with E-state index in [1.54, 1.807) is 14.1 Å². The van der Waals surface area contributed by atoms with E-state index in [9.17, 15) is 9.59 Å². The monoisotopic (exact) mass is 185 g/mol. The molecule has 0 bridgehead atoms. The van der Waals surface area contributed by atoms with Gasteiger partial charge in [0.25, 0.3) is 0 Å². The van der Waals surface area contributed by atoms with Crippen LogP contribution in [0.15, 0.2) is 0 Å². The van der Waals surface area contributed by atoms with Crippen LogP contribution < -0.4 is 0 Å². The number of carbonyl (C=O) groups is 2. The number of hydrogen-bond donors (Lipinski definition) is 1. The first-order valence-corrected chi connectivity index (χ1v) is 4.24. The number of nitrogens with zero attached hydrogens (tertiary/aromatic N) is 1. The minimum Gasteiger partial charge on any atom is -0.481 e. The van der Waals surface area contributed by atoms with E-state index in [4.69, 9.17) is 5.11 Å². The Morgan fingerprint density at radius 1 is 1.23 bits per heavy atom. The van der Waals surface area contributed by atoms with E-state index in [1.165, 1.54) is 4.90 Å². The van der Waals surface area contributed by atoms with E-state index in [0.29, 0.717) is 0 Å². The lowest BCUT2D eigenvalue weighted by Crippen LogP contribution is -2.25. The van der Waals surface area contributed by atoms with Gasteiger partial charge in [-0.25, -0.2) is 0 Å². The van der Waals surface area contributed by atoms with Gasteiger partial charge in [-0.15, -0.1) is 0 Å². The highest BCUT2D eigenvalue weighted by atomic mass is 16.4. The fraction of sp³-hybridized carbons (Fsp3) is 0.778. The first-order chi connectivity index (χ1) is 5.80. The fourth-order valence-electron chi connectivity index (χ4n) is 1.84. The Balaban J connectivity index is 2.76. The van der Waals surface area contributed by atoms with Crippen molar-refractivity contribution in [3.8, 4) is 0 Å². The van der Waals surface area contributed by atoms with Crippen molar-refractivity contribution in [2.75, 3.05) is 14.1 Å². The molecule has 1 aliphatic rings. The highest BCUT2D eigenvalue weighted by Crippen LogP contribution is 2.58. The van der Waals surface area contributed by atoms with Crippen LogP contribution in [0.1, 0.15) is 13.8 Å². The molecule has 0 heterocycles. The van der Waals surface area contributed by atoms with Crippen LogP contribution in [0.3, 0.4) is 0 Å². The van der Waals surface area contributed by atoms with E-state index < -0.39 is 11.9 Å². The van der Waals surface area contributed by atoms with E-state index in [0.717, 1.165) is 0 Å². The first kappa shape index (κ1) is 10.0. The molecule has 0 spiro atoms. The lowest BCUT2D eigenvalue weighted by molar-refractivity contribution is -0.141. The zero-order valence-electron chi connectivity index (χ0n) is 8.37. The Labute approximate surface area is 77.5 Å². The molecule has 0 saturated heterocycles. The summed E-state index contributed by atoms with van der Waals surface area (Å²) < 4.78 is 0. The van der Waals surface area contributed by atoms with Gasteiger partial charge < -0.3 is 10.0 Å². The van der Waals surface area contributed by atoms with Gasteiger partial charge in [0.2, 0.25) is 5.91 Å². The summed E-state index contributed by atoms with van der Waals surface area (Å²) in [6.07, 6.45) is 0. The van der Waals surface area contributed by atoms with Gasteiger partial charge >= 0.3 is 5.97 Å². The average Bonchev–Trinajstić information content (AvgIpc) is 2.51. The van der Waals surface area contributed by atoms with Gasteiger partial charge in [0.05, 0.1) is 11.8 Å². The van der Waals surface area contributed by atoms with E-state index >= 15 is 0 Å². The summed E-state index contributed by atoms with van der Waals surface area (Å²) in [7, 11) is 3.30. The highest BCUT2D eigenvalue weighted by molar-refractivity contribution is 5.91. The van der Waals surface area contributed by atoms with Crippen LogP contribution in [0.5, 0.6) is 0 Å². The SMILES string of the molecule is CN(C)C(=O)C1C(C(=O)O)C1(C)C. The Morgan fingerprint density at radius 2 is 1.69 bits per heavy atom. The molecule has 1 rings (SSSR count). The van der Waals surface area contributed by atoms with Crippen LogP contribution in [-0.4, -0.2) is 36.0 Å². The second-order valence-corrected chi connectivity index (χ2v) is 4.35. The standard InChI is InChI=1S/C9H15NO3/c1-9(2)5(6(9)8(12)13)7(11)10(3)4/h5-6H,1-4H3,(H,12,13). The van der Waals surface area contributed by atoms with Crippen molar-refractivity contribution in [3.05, 3.63) is 0 Å². The molecule has 0 aromatic rings. The molecule has 4 heteroatoms. The minimum absolute atomic E-state index is 0.0857. The number of carboxylic acid groups (broad SMARTS) is 1. The minimum atomic E-state index is -0.870. The Kier molecular flexibility index (Phi) is 2.10. The van der Waals surface area contributed by atoms with Gasteiger partial charge in [-0.1, -0.05) is 13.8 Å². The van der Waals surface area contributed by atoms with Gasteiger partial charge in [-0.2, -0.15) is 0 Å². The van der Waals surface area contributed by atoms with Crippen LogP contribution in [-0.2, 0) is 9.59 Å². The summed E-state index contributed by atoms with van der Waals surface area (Å²) in [6.45, 7) is 3.63. The third-order valence-electron chi connectivity index (χ3n) is 2.80. The third kappa shape index (κ3) is 1.41. The Morgan fingerprint density at radius 3 is 1.92 bits per heavy atom. The zero-order valence-corrected chi connectivity index (χ0v) is 8.37. The van der Waals surface area contributed by atoms with E-state index in [1.807, 2.05) is 13.8 Å². The van der Waals surface area contributed by atoms with E-state index in [-0.39, 0.29) is 17.2 Å². The van der Waals surface area contributed by atoms with E-state index in [2.05, 4.69) is 0 Å². The maximum Gasteiger partial charge on any atom is 0.307 e. The molecule has 13 heavy (non-hydrogen) atoms. The second kappa shape index (κ2) is 2.72. The molecular formula is C9H15NO3. The lowest BCUT2D eigenvalue weighted by atomic mass is 10.1. The topological polar surface area (TPSA) is 57.6 Å². The molecule has 1 amide bonds. The predicted octanol–water partition coefficient (Wildman–Crippen LogP) is 0.431. The molecule has 1 aliphatic carbocycles. The molecule has 1 saturated carbocycles. The molecule has 4 nitrogen and oxygen atoms in total. The number of amides is 1. The van der Waals surface area contributed by atoms with Gasteiger partial charge in [0.1, 0.15) is 0 Å². The Hall–Kier alpha value is -1.06. The van der Waals surface area contributed by atoms with Crippen LogP contribution in [0.4, 0.5) is 0 Å². The number of rotatable bonds is 2. The van der Waals surface area contributed by atoms with Crippen molar-refractivity contribution >= 4 is 11.9 Å². The summed E-state index contributed by atoms with van der Waals surface area (Å²) in [5.74, 6) is -1.81. The first-order valence-electron chi connectivity index (χ1n) is 4.24. The van der Waals surface area contributed by atoms with Crippen LogP contribution >= 0.6 is 0 Å². The molecule has 0 aliphatic heterocycles. The van der Waals surface area contributed by atoms with Crippen molar-refractivity contribution in [2.24, 2.45) is 17.3 Å². The maximum absolute atomic E-state index is 11.5. The van der Waals surface area contributed by atoms with Crippen molar-refractivity contribution < 1.29 is 14.7 Å². The van der Waals surface area contributed by atoms with Crippen LogP contribution in [0.2, 0.25) is 0 Å². The quantitative estimate of drug-likeness (QED) is 0.678. The number of hydrogen-bond acceptors (Lipinski definition) is 2. The molecule has 1 N–H and O–H groups in total. The molecule has 0 radical (unpaired) electrons. The second-order valence-electron chi connectivity index (χ2n) is 4.35. The molecule has 2 atom stereocenters. The van der Waals surface area contributed by atoms with Crippen LogP contribution in [0, 0.1) is 17.3 Å². The fourth-order valence-corrected chi connectivity index (χ4v) is 1.84. The average molecular weight is 185 g/mol. The lowest BCUT2D eigenvalue weighted by Gasteiger charge is -2.10. The highest BCUT2D eigenvalue weighted by Gasteiger charge is 2.66. The molecule has 0 aromatic heterocycles. The third-order valence-corrected chi connectivity index (χ3v) is 2.80. The van der Waals surface area contributed by atoms with Crippen molar-refractivity contribution in [1.82, 2.24) is 4.90 Å². The number of aliphatic carboxylic acids is 1. The summed E-state index contributed by atoms with van der Waals surface area (Å²) in [5.41, 5.74) is -0.382. The summed E-state index contributed by atoms with van der Waals surface area (Å²) in [6, 6.07) is 0. The van der Waals surface area contributed by atoms with Crippen LogP contribution in [0.25, 0.3) is 0 Å². The molecule has 0 aromatic carbocycles. The van der Waals surface area contributed by atoms with Gasteiger partial charge in [-0.3, -0.25) is 9.59 Å². The summed E-state index contributed by atoms with van der Waals surface area (Å²) in [4.78, 5) is 23.7. The Bertz CT molecular complexity index is 258. The molecular weight excluding hydrogens is 170 g/mol. The summed E-state index contributed by atoms with van der Waals surface area (Å²) in [5, 5.41) is 8.82. The van der Waals surface area contributed by atoms with Crippen molar-refractivity contribution in [1.29, 1.82) is 0 Å². The molecule has 2 unspecified atom stereocenters. The smallest absolute Gasteiger partial charge is 0.307 e. The normalized spacial score (nSPS) is 29.5. The van der Waals surface area contributed by atoms with Crippen molar-refractivity contribution in [2.45, 2.75) is 13.8 Å². The zero-order chi connectivity index (χ0) is 10.4. The predicted molar refractivity (Wildman–Crippen MR) is 47.1 cm³/mol. The van der Waals surface area contributed by atoms with Gasteiger partial charge in [0, 0.05) is 14.1 Å². The van der Waals surface area contributed by atoms with Gasteiger partial charge in [0.15, 0.2) is 0 Å². The number of carbonyl (C=O) groups excluding carboxylic acids is 1. The molecule has 1 fully saturated rings. The molecule has 74 valence electrons. The largest absolute Gasteiger partial charge is 0.481 e. The van der Waals surface area contributed by atoms with Crippen molar-refractivity contribution in [3.63, 3.8) is 0 Å². The maximum atomic E-state index is 11.5. The summed E-state index contributed by atoms with van der Waals surface area (Å²) >= 11 is 0. The van der Waals surface area contributed by atoms with Gasteiger partial charge in [-0.05, 0) is 5.41 Å². The number of carboxylic acids is 1.